The second-order valence-electron chi connectivity index (χ2n) is 4.81. The minimum Gasteiger partial charge on any atom is -0.508 e. The lowest BCUT2D eigenvalue weighted by atomic mass is 10.2. The lowest BCUT2D eigenvalue weighted by Gasteiger charge is -2.14. The average Bonchev–Trinajstić information content (AvgIpc) is 2.83. The van der Waals surface area contributed by atoms with Crippen LogP contribution in [0.5, 0.6) is 11.5 Å². The smallest absolute Gasteiger partial charge is 0.270 e. The van der Waals surface area contributed by atoms with Crippen molar-refractivity contribution in [3.63, 3.8) is 0 Å². The number of methoxy groups -OCH3 is 1. The topological polar surface area (TPSA) is 49.8 Å². The number of nitrogens with zero attached hydrogens (tertiary/aromatic N) is 1. The Morgan fingerprint density at radius 3 is 2.65 bits per heavy atom. The van der Waals surface area contributed by atoms with Crippen molar-refractivity contribution in [2.24, 2.45) is 0 Å². The lowest BCUT2D eigenvalue weighted by molar-refractivity contribution is -0.113. The van der Waals surface area contributed by atoms with Crippen LogP contribution in [0.4, 0.5) is 5.69 Å². The average molecular weight is 343 g/mol. The summed E-state index contributed by atoms with van der Waals surface area (Å²) in [7, 11) is 1.60. The lowest BCUT2D eigenvalue weighted by Crippen LogP contribution is -2.27. The van der Waals surface area contributed by atoms with E-state index in [1.165, 1.54) is 28.8 Å². The van der Waals surface area contributed by atoms with E-state index in [1.807, 2.05) is 24.3 Å². The maximum atomic E-state index is 12.6. The highest BCUT2D eigenvalue weighted by molar-refractivity contribution is 8.27. The third kappa shape index (κ3) is 3.23. The fourth-order valence-corrected chi connectivity index (χ4v) is 3.47. The monoisotopic (exact) mass is 343 g/mol. The van der Waals surface area contributed by atoms with Crippen molar-refractivity contribution in [3.8, 4) is 11.5 Å². The van der Waals surface area contributed by atoms with Gasteiger partial charge in [-0.05, 0) is 48.0 Å². The normalized spacial score (nSPS) is 16.2. The molecule has 116 valence electrons. The van der Waals surface area contributed by atoms with E-state index in [0.717, 1.165) is 11.3 Å². The van der Waals surface area contributed by atoms with E-state index in [4.69, 9.17) is 17.0 Å². The number of aromatic hydroxyl groups is 1. The number of rotatable bonds is 3. The number of amides is 1. The number of hydrogen-bond donors (Lipinski definition) is 1. The standard InChI is InChI=1S/C17H13NO3S2/c1-21-14-4-2-3-11(9-14)10-15-16(20)18(17(22)23-15)12-5-7-13(19)8-6-12/h2-10,19H,1H3. The van der Waals surface area contributed by atoms with E-state index < -0.39 is 0 Å². The number of thioether (sulfide) groups is 1. The molecule has 1 heterocycles. The van der Waals surface area contributed by atoms with Crippen molar-refractivity contribution in [1.82, 2.24) is 0 Å². The van der Waals surface area contributed by atoms with Crippen LogP contribution in [0.1, 0.15) is 5.56 Å². The van der Waals surface area contributed by atoms with Crippen LogP contribution >= 0.6 is 24.0 Å². The second kappa shape index (κ2) is 6.44. The van der Waals surface area contributed by atoms with Crippen molar-refractivity contribution >= 4 is 46.0 Å². The molecule has 6 heteroatoms. The van der Waals surface area contributed by atoms with E-state index in [-0.39, 0.29) is 11.7 Å². The van der Waals surface area contributed by atoms with Gasteiger partial charge in [0.25, 0.3) is 5.91 Å². The second-order valence-corrected chi connectivity index (χ2v) is 6.49. The van der Waals surface area contributed by atoms with Crippen molar-refractivity contribution in [1.29, 1.82) is 0 Å². The zero-order valence-electron chi connectivity index (χ0n) is 12.2. The van der Waals surface area contributed by atoms with Crippen molar-refractivity contribution in [3.05, 3.63) is 59.0 Å². The SMILES string of the molecule is COc1cccc(C=C2SC(=S)N(c3ccc(O)cc3)C2=O)c1. The Balaban J connectivity index is 1.91. The molecular formula is C17H13NO3S2. The zero-order chi connectivity index (χ0) is 16.4. The molecule has 0 saturated carbocycles. The summed E-state index contributed by atoms with van der Waals surface area (Å²) in [6, 6.07) is 13.8. The third-order valence-corrected chi connectivity index (χ3v) is 4.60. The van der Waals surface area contributed by atoms with E-state index >= 15 is 0 Å². The van der Waals surface area contributed by atoms with Gasteiger partial charge in [0.15, 0.2) is 4.32 Å². The molecule has 1 N–H and O–H groups in total. The Morgan fingerprint density at radius 1 is 1.22 bits per heavy atom. The molecule has 4 nitrogen and oxygen atoms in total. The number of benzene rings is 2. The predicted molar refractivity (Wildman–Crippen MR) is 96.8 cm³/mol. The van der Waals surface area contributed by atoms with Crippen LogP contribution in [-0.2, 0) is 4.79 Å². The van der Waals surface area contributed by atoms with Gasteiger partial charge in [-0.2, -0.15) is 0 Å². The van der Waals surface area contributed by atoms with Crippen LogP contribution in [0.3, 0.4) is 0 Å². The van der Waals surface area contributed by atoms with Crippen LogP contribution in [-0.4, -0.2) is 22.4 Å². The van der Waals surface area contributed by atoms with Crippen molar-refractivity contribution in [2.75, 3.05) is 12.0 Å². The van der Waals surface area contributed by atoms with Gasteiger partial charge in [0.1, 0.15) is 11.5 Å². The first-order valence-electron chi connectivity index (χ1n) is 6.79. The fourth-order valence-electron chi connectivity index (χ4n) is 2.17. The van der Waals surface area contributed by atoms with Crippen LogP contribution in [0.25, 0.3) is 6.08 Å². The number of hydrogen-bond acceptors (Lipinski definition) is 5. The molecule has 1 aliphatic heterocycles. The van der Waals surface area contributed by atoms with Crippen LogP contribution in [0, 0.1) is 0 Å². The Bertz CT molecular complexity index is 800. The molecule has 0 spiro atoms. The van der Waals surface area contributed by atoms with E-state index in [2.05, 4.69) is 0 Å². The molecule has 23 heavy (non-hydrogen) atoms. The molecule has 0 aliphatic carbocycles. The van der Waals surface area contributed by atoms with E-state index in [9.17, 15) is 9.90 Å². The van der Waals surface area contributed by atoms with Crippen molar-refractivity contribution < 1.29 is 14.6 Å². The summed E-state index contributed by atoms with van der Waals surface area (Å²) in [4.78, 5) is 14.6. The Hall–Kier alpha value is -2.31. The molecule has 2 aromatic carbocycles. The third-order valence-electron chi connectivity index (χ3n) is 3.29. The number of phenolic OH excluding ortho intramolecular Hbond substituents is 1. The molecule has 0 atom stereocenters. The van der Waals surface area contributed by atoms with Crippen molar-refractivity contribution in [2.45, 2.75) is 0 Å². The molecule has 1 aliphatic rings. The molecule has 0 unspecified atom stereocenters. The zero-order valence-corrected chi connectivity index (χ0v) is 13.9. The summed E-state index contributed by atoms with van der Waals surface area (Å²) >= 11 is 6.57. The van der Waals surface area contributed by atoms with Gasteiger partial charge in [0.2, 0.25) is 0 Å². The van der Waals surface area contributed by atoms with Crippen LogP contribution < -0.4 is 9.64 Å². The van der Waals surface area contributed by atoms with E-state index in [0.29, 0.717) is 14.9 Å². The highest BCUT2D eigenvalue weighted by atomic mass is 32.2. The maximum Gasteiger partial charge on any atom is 0.270 e. The number of carbonyl (C=O) groups is 1. The number of carbonyl (C=O) groups excluding carboxylic acids is 1. The summed E-state index contributed by atoms with van der Waals surface area (Å²) in [5, 5.41) is 9.36. The molecule has 1 saturated heterocycles. The summed E-state index contributed by atoms with van der Waals surface area (Å²) in [5.41, 5.74) is 1.51. The van der Waals surface area contributed by atoms with Gasteiger partial charge < -0.3 is 9.84 Å². The maximum absolute atomic E-state index is 12.6. The van der Waals surface area contributed by atoms with Gasteiger partial charge in [-0.3, -0.25) is 9.69 Å². The summed E-state index contributed by atoms with van der Waals surface area (Å²) in [5.74, 6) is 0.701. The molecule has 2 aromatic rings. The first kappa shape index (κ1) is 15.6. The Labute approximate surface area is 143 Å². The van der Waals surface area contributed by atoms with Gasteiger partial charge in [0, 0.05) is 0 Å². The molecule has 1 amide bonds. The minimum absolute atomic E-state index is 0.145. The quantitative estimate of drug-likeness (QED) is 0.678. The number of thiocarbonyl (C=S) groups is 1. The summed E-state index contributed by atoms with van der Waals surface area (Å²) < 4.78 is 5.66. The first-order valence-corrected chi connectivity index (χ1v) is 8.02. The largest absolute Gasteiger partial charge is 0.508 e. The summed E-state index contributed by atoms with van der Waals surface area (Å²) in [6.45, 7) is 0. The molecule has 0 bridgehead atoms. The van der Waals surface area contributed by atoms with Gasteiger partial charge in [-0.1, -0.05) is 36.1 Å². The number of phenols is 1. The molecule has 0 radical (unpaired) electrons. The minimum atomic E-state index is -0.173. The molecule has 0 aromatic heterocycles. The predicted octanol–water partition coefficient (Wildman–Crippen LogP) is 3.81. The number of ether oxygens (including phenoxy) is 1. The summed E-state index contributed by atoms with van der Waals surface area (Å²) in [6.07, 6.45) is 1.79. The highest BCUT2D eigenvalue weighted by Gasteiger charge is 2.33. The first-order chi connectivity index (χ1) is 11.1. The molecular weight excluding hydrogens is 330 g/mol. The van der Waals surface area contributed by atoms with Gasteiger partial charge in [0.05, 0.1) is 17.7 Å². The van der Waals surface area contributed by atoms with Gasteiger partial charge >= 0.3 is 0 Å². The molecule has 1 fully saturated rings. The Kier molecular flexibility index (Phi) is 4.36. The van der Waals surface area contributed by atoms with E-state index in [1.54, 1.807) is 25.3 Å². The van der Waals surface area contributed by atoms with Gasteiger partial charge in [-0.15, -0.1) is 0 Å². The molecule has 3 rings (SSSR count). The number of anilines is 1. The van der Waals surface area contributed by atoms with Crippen LogP contribution in [0.2, 0.25) is 0 Å². The Morgan fingerprint density at radius 2 is 1.96 bits per heavy atom. The van der Waals surface area contributed by atoms with Crippen LogP contribution in [0.15, 0.2) is 53.4 Å². The highest BCUT2D eigenvalue weighted by Crippen LogP contribution is 2.36. The van der Waals surface area contributed by atoms with Gasteiger partial charge in [-0.25, -0.2) is 0 Å². The fraction of sp³-hybridized carbons (Fsp3) is 0.0588.